The Morgan fingerprint density at radius 2 is 1.75 bits per heavy atom. The van der Waals surface area contributed by atoms with Gasteiger partial charge >= 0.3 is 0 Å². The summed E-state index contributed by atoms with van der Waals surface area (Å²) in [6.07, 6.45) is 0. The highest BCUT2D eigenvalue weighted by molar-refractivity contribution is 6.05. The Kier molecular flexibility index (Phi) is 5.73. The van der Waals surface area contributed by atoms with E-state index < -0.39 is 0 Å². The predicted octanol–water partition coefficient (Wildman–Crippen LogP) is 5.12. The molecule has 0 aliphatic heterocycles. The van der Waals surface area contributed by atoms with Crippen LogP contribution in [0.1, 0.15) is 39.8 Å². The smallest absolute Gasteiger partial charge is 0.277 e. The molecule has 0 fully saturated rings. The minimum Gasteiger partial charge on any atom is -0.324 e. The molecule has 0 saturated carbocycles. The first kappa shape index (κ1) is 19.5. The van der Waals surface area contributed by atoms with Crippen LogP contribution in [-0.4, -0.2) is 22.4 Å². The van der Waals surface area contributed by atoms with Crippen molar-refractivity contribution < 1.29 is 4.79 Å². The molecule has 144 valence electrons. The van der Waals surface area contributed by atoms with Gasteiger partial charge in [-0.15, -0.1) is 0 Å². The van der Waals surface area contributed by atoms with Gasteiger partial charge in [0.1, 0.15) is 5.69 Å². The summed E-state index contributed by atoms with van der Waals surface area (Å²) in [5.41, 5.74) is 6.41. The van der Waals surface area contributed by atoms with Gasteiger partial charge in [-0.3, -0.25) is 4.79 Å². The minimum atomic E-state index is -0.137. The van der Waals surface area contributed by atoms with Crippen molar-refractivity contribution >= 4 is 23.2 Å². The Balaban J connectivity index is 1.91. The topological polar surface area (TPSA) is 58.1 Å². The molecule has 5 nitrogen and oxygen atoms in total. The van der Waals surface area contributed by atoms with Crippen molar-refractivity contribution in [3.63, 3.8) is 0 Å². The average Bonchev–Trinajstić information content (AvgIpc) is 2.65. The number of nitrogens with zero attached hydrogens (tertiary/aromatic N) is 3. The monoisotopic (exact) mass is 374 g/mol. The van der Waals surface area contributed by atoms with Crippen molar-refractivity contribution in [3.8, 4) is 0 Å². The molecule has 5 heteroatoms. The molecule has 0 radical (unpaired) electrons. The van der Waals surface area contributed by atoms with Crippen molar-refractivity contribution in [2.24, 2.45) is 0 Å². The van der Waals surface area contributed by atoms with Crippen LogP contribution in [0.15, 0.2) is 48.5 Å². The zero-order valence-electron chi connectivity index (χ0n) is 17.1. The molecule has 3 rings (SSSR count). The van der Waals surface area contributed by atoms with Gasteiger partial charge in [0, 0.05) is 23.6 Å². The van der Waals surface area contributed by atoms with Gasteiger partial charge in [0.15, 0.2) is 0 Å². The quantitative estimate of drug-likeness (QED) is 0.673. The van der Waals surface area contributed by atoms with E-state index in [1.165, 1.54) is 11.1 Å². The number of amides is 1. The maximum absolute atomic E-state index is 13.2. The largest absolute Gasteiger partial charge is 0.324 e. The normalized spacial score (nSPS) is 10.6. The summed E-state index contributed by atoms with van der Waals surface area (Å²) >= 11 is 0. The number of anilines is 3. The van der Waals surface area contributed by atoms with Gasteiger partial charge in [0.2, 0.25) is 5.95 Å². The van der Waals surface area contributed by atoms with E-state index in [4.69, 9.17) is 0 Å². The van der Waals surface area contributed by atoms with E-state index in [1.807, 2.05) is 57.2 Å². The SMILES string of the molecule is CCN(C(=O)c1cc(C)nc(Nc2ccc(C)c(C)c2)n1)c1cccc(C)c1. The van der Waals surface area contributed by atoms with Crippen LogP contribution in [0, 0.1) is 27.7 Å². The summed E-state index contributed by atoms with van der Waals surface area (Å²) in [6.45, 7) is 10.5. The molecule has 0 bridgehead atoms. The first-order chi connectivity index (χ1) is 13.4. The Morgan fingerprint density at radius 3 is 2.43 bits per heavy atom. The van der Waals surface area contributed by atoms with Crippen LogP contribution in [0.2, 0.25) is 0 Å². The zero-order valence-corrected chi connectivity index (χ0v) is 17.1. The highest BCUT2D eigenvalue weighted by Crippen LogP contribution is 2.21. The number of carbonyl (C=O) groups excluding carboxylic acids is 1. The van der Waals surface area contributed by atoms with Crippen LogP contribution in [0.25, 0.3) is 0 Å². The van der Waals surface area contributed by atoms with E-state index >= 15 is 0 Å². The molecule has 0 unspecified atom stereocenters. The Bertz CT molecular complexity index is 1010. The minimum absolute atomic E-state index is 0.137. The van der Waals surface area contributed by atoms with E-state index in [-0.39, 0.29) is 5.91 Å². The zero-order chi connectivity index (χ0) is 20.3. The molecule has 1 N–H and O–H groups in total. The maximum atomic E-state index is 13.2. The lowest BCUT2D eigenvalue weighted by molar-refractivity contribution is 0.0983. The highest BCUT2D eigenvalue weighted by atomic mass is 16.2. The lowest BCUT2D eigenvalue weighted by Gasteiger charge is -2.21. The van der Waals surface area contributed by atoms with Crippen LogP contribution >= 0.6 is 0 Å². The summed E-state index contributed by atoms with van der Waals surface area (Å²) in [7, 11) is 0. The molecule has 2 aromatic carbocycles. The first-order valence-corrected chi connectivity index (χ1v) is 9.46. The van der Waals surface area contributed by atoms with E-state index in [0.717, 1.165) is 22.6 Å². The summed E-state index contributed by atoms with van der Waals surface area (Å²) in [5, 5.41) is 3.22. The number of aryl methyl sites for hydroxylation is 4. The third-order valence-electron chi connectivity index (χ3n) is 4.71. The molecule has 1 aromatic heterocycles. The Hall–Kier alpha value is -3.21. The number of rotatable bonds is 5. The van der Waals surface area contributed by atoms with Gasteiger partial charge in [-0.05, 0) is 81.6 Å². The number of aromatic nitrogens is 2. The second-order valence-corrected chi connectivity index (χ2v) is 7.03. The van der Waals surface area contributed by atoms with Gasteiger partial charge in [0.25, 0.3) is 5.91 Å². The van der Waals surface area contributed by atoms with Crippen LogP contribution in [0.3, 0.4) is 0 Å². The van der Waals surface area contributed by atoms with Crippen molar-refractivity contribution in [3.05, 3.63) is 76.6 Å². The molecule has 0 atom stereocenters. The van der Waals surface area contributed by atoms with Crippen molar-refractivity contribution in [2.45, 2.75) is 34.6 Å². The average molecular weight is 374 g/mol. The third kappa shape index (κ3) is 4.36. The van der Waals surface area contributed by atoms with E-state index in [1.54, 1.807) is 11.0 Å². The van der Waals surface area contributed by atoms with Crippen molar-refractivity contribution in [1.82, 2.24) is 9.97 Å². The predicted molar refractivity (Wildman–Crippen MR) is 114 cm³/mol. The van der Waals surface area contributed by atoms with Gasteiger partial charge in [0.05, 0.1) is 0 Å². The second kappa shape index (κ2) is 8.21. The summed E-state index contributed by atoms with van der Waals surface area (Å²) in [4.78, 5) is 23.8. The number of hydrogen-bond acceptors (Lipinski definition) is 4. The fourth-order valence-corrected chi connectivity index (χ4v) is 3.06. The number of carbonyl (C=O) groups is 1. The lowest BCUT2D eigenvalue weighted by atomic mass is 10.1. The molecule has 0 spiro atoms. The van der Waals surface area contributed by atoms with Gasteiger partial charge in [-0.1, -0.05) is 18.2 Å². The van der Waals surface area contributed by atoms with E-state index in [0.29, 0.717) is 18.2 Å². The molecule has 0 saturated heterocycles. The number of benzene rings is 2. The summed E-state index contributed by atoms with van der Waals surface area (Å²) in [5.74, 6) is 0.286. The third-order valence-corrected chi connectivity index (χ3v) is 4.71. The molecule has 28 heavy (non-hydrogen) atoms. The van der Waals surface area contributed by atoms with E-state index in [2.05, 4.69) is 35.2 Å². The Morgan fingerprint density at radius 1 is 0.964 bits per heavy atom. The molecular weight excluding hydrogens is 348 g/mol. The maximum Gasteiger partial charge on any atom is 0.277 e. The molecule has 0 aliphatic carbocycles. The molecule has 1 heterocycles. The van der Waals surface area contributed by atoms with Crippen LogP contribution < -0.4 is 10.2 Å². The van der Waals surface area contributed by atoms with Crippen molar-refractivity contribution in [1.29, 1.82) is 0 Å². The lowest BCUT2D eigenvalue weighted by Crippen LogP contribution is -2.31. The molecular formula is C23H26N4O. The fraction of sp³-hybridized carbons (Fsp3) is 0.261. The molecule has 1 amide bonds. The van der Waals surface area contributed by atoms with Gasteiger partial charge < -0.3 is 10.2 Å². The standard InChI is InChI=1S/C23H26N4O/c1-6-27(20-9-7-8-15(2)12-20)22(28)21-14-18(5)24-23(26-21)25-19-11-10-16(3)17(4)13-19/h7-14H,6H2,1-5H3,(H,24,25,26). The van der Waals surface area contributed by atoms with Crippen LogP contribution in [-0.2, 0) is 0 Å². The van der Waals surface area contributed by atoms with Crippen LogP contribution in [0.5, 0.6) is 0 Å². The van der Waals surface area contributed by atoms with Gasteiger partial charge in [-0.25, -0.2) is 9.97 Å². The summed E-state index contributed by atoms with van der Waals surface area (Å²) < 4.78 is 0. The molecule has 0 aliphatic rings. The first-order valence-electron chi connectivity index (χ1n) is 9.46. The number of hydrogen-bond donors (Lipinski definition) is 1. The summed E-state index contributed by atoms with van der Waals surface area (Å²) in [6, 6.07) is 15.7. The Labute approximate surface area is 166 Å². The number of nitrogens with one attached hydrogen (secondary N) is 1. The highest BCUT2D eigenvalue weighted by Gasteiger charge is 2.19. The van der Waals surface area contributed by atoms with Gasteiger partial charge in [-0.2, -0.15) is 0 Å². The van der Waals surface area contributed by atoms with E-state index in [9.17, 15) is 4.79 Å². The van der Waals surface area contributed by atoms with Crippen molar-refractivity contribution in [2.75, 3.05) is 16.8 Å². The van der Waals surface area contributed by atoms with Crippen LogP contribution in [0.4, 0.5) is 17.3 Å². The second-order valence-electron chi connectivity index (χ2n) is 7.03. The molecule has 3 aromatic rings. The fourth-order valence-electron chi connectivity index (χ4n) is 3.06.